The molecule has 0 saturated carbocycles. The van der Waals surface area contributed by atoms with Gasteiger partial charge in [-0.15, -0.1) is 0 Å². The van der Waals surface area contributed by atoms with E-state index in [1.165, 1.54) is 0 Å². The van der Waals surface area contributed by atoms with Crippen LogP contribution in [0, 0.1) is 0 Å². The molecule has 1 aliphatic rings. The van der Waals surface area contributed by atoms with Crippen LogP contribution in [0.2, 0.25) is 0 Å². The third-order valence-corrected chi connectivity index (χ3v) is 3.46. The summed E-state index contributed by atoms with van der Waals surface area (Å²) >= 11 is 0. The molecule has 2 rings (SSSR count). The van der Waals surface area contributed by atoms with E-state index in [2.05, 4.69) is 4.90 Å². The van der Waals surface area contributed by atoms with Crippen molar-refractivity contribution in [2.24, 2.45) is 5.73 Å². The van der Waals surface area contributed by atoms with E-state index < -0.39 is 5.91 Å². The number of anilines is 2. The molecule has 0 aliphatic carbocycles. The third-order valence-electron chi connectivity index (χ3n) is 3.46. The number of piperazine rings is 1. The van der Waals surface area contributed by atoms with Crippen LogP contribution in [0.1, 0.15) is 17.3 Å². The Labute approximate surface area is 123 Å². The summed E-state index contributed by atoms with van der Waals surface area (Å²) < 4.78 is 4.98. The molecule has 1 aromatic carbocycles. The van der Waals surface area contributed by atoms with E-state index >= 15 is 0 Å². The van der Waals surface area contributed by atoms with Gasteiger partial charge in [0.2, 0.25) is 5.91 Å². The Kier molecular flexibility index (Phi) is 4.52. The number of nitrogens with two attached hydrogens (primary N) is 2. The number of primary amides is 1. The minimum Gasteiger partial charge on any atom is -0.450 e. The van der Waals surface area contributed by atoms with Crippen LogP contribution in [0.3, 0.4) is 0 Å². The van der Waals surface area contributed by atoms with Gasteiger partial charge >= 0.3 is 6.09 Å². The lowest BCUT2D eigenvalue weighted by Crippen LogP contribution is -2.49. The topological polar surface area (TPSA) is 102 Å². The van der Waals surface area contributed by atoms with Crippen molar-refractivity contribution in [3.8, 4) is 0 Å². The van der Waals surface area contributed by atoms with Crippen LogP contribution < -0.4 is 16.4 Å². The van der Waals surface area contributed by atoms with Gasteiger partial charge in [0.15, 0.2) is 0 Å². The number of rotatable bonds is 3. The molecule has 1 aromatic rings. The Hall–Kier alpha value is -2.44. The van der Waals surface area contributed by atoms with Crippen molar-refractivity contribution in [3.05, 3.63) is 23.8 Å². The summed E-state index contributed by atoms with van der Waals surface area (Å²) in [6, 6.07) is 5.02. The second-order valence-corrected chi connectivity index (χ2v) is 4.81. The Morgan fingerprint density at radius 2 is 1.90 bits per heavy atom. The average Bonchev–Trinajstić information content (AvgIpc) is 2.47. The number of carbonyl (C=O) groups excluding carboxylic acids is 2. The summed E-state index contributed by atoms with van der Waals surface area (Å²) in [5.41, 5.74) is 13.0. The first kappa shape index (κ1) is 15.0. The minimum absolute atomic E-state index is 0.283. The van der Waals surface area contributed by atoms with Gasteiger partial charge in [0.25, 0.3) is 0 Å². The van der Waals surface area contributed by atoms with Crippen LogP contribution in [0.5, 0.6) is 0 Å². The summed E-state index contributed by atoms with van der Waals surface area (Å²) in [6.07, 6.45) is -0.283. The van der Waals surface area contributed by atoms with Crippen LogP contribution in [0.15, 0.2) is 18.2 Å². The second-order valence-electron chi connectivity index (χ2n) is 4.81. The number of nitrogens with zero attached hydrogens (tertiary/aromatic N) is 2. The van der Waals surface area contributed by atoms with Gasteiger partial charge in [-0.25, -0.2) is 4.79 Å². The zero-order valence-electron chi connectivity index (χ0n) is 12.0. The molecule has 0 unspecified atom stereocenters. The van der Waals surface area contributed by atoms with Crippen molar-refractivity contribution in [3.63, 3.8) is 0 Å². The summed E-state index contributed by atoms with van der Waals surface area (Å²) in [5, 5.41) is 0. The summed E-state index contributed by atoms with van der Waals surface area (Å²) in [4.78, 5) is 26.5. The lowest BCUT2D eigenvalue weighted by molar-refractivity contribution is 0.0998. The third kappa shape index (κ3) is 3.36. The Balaban J connectivity index is 2.02. The molecule has 1 aliphatic heterocycles. The predicted octanol–water partition coefficient (Wildman–Crippen LogP) is 0.646. The Morgan fingerprint density at radius 1 is 1.24 bits per heavy atom. The van der Waals surface area contributed by atoms with Gasteiger partial charge in [-0.1, -0.05) is 0 Å². The molecule has 1 saturated heterocycles. The summed E-state index contributed by atoms with van der Waals surface area (Å²) in [6.45, 7) is 4.65. The molecule has 0 radical (unpaired) electrons. The van der Waals surface area contributed by atoms with Crippen LogP contribution in [-0.2, 0) is 4.74 Å². The lowest BCUT2D eigenvalue weighted by atomic mass is 10.1. The predicted molar refractivity (Wildman–Crippen MR) is 80.2 cm³/mol. The highest BCUT2D eigenvalue weighted by Crippen LogP contribution is 2.25. The normalized spacial score (nSPS) is 14.9. The van der Waals surface area contributed by atoms with Crippen molar-refractivity contribution in [1.29, 1.82) is 0 Å². The Bertz CT molecular complexity index is 539. The van der Waals surface area contributed by atoms with Gasteiger partial charge in [0, 0.05) is 31.7 Å². The molecule has 114 valence electrons. The maximum Gasteiger partial charge on any atom is 0.409 e. The maximum absolute atomic E-state index is 11.6. The van der Waals surface area contributed by atoms with Crippen molar-refractivity contribution in [2.75, 3.05) is 43.4 Å². The largest absolute Gasteiger partial charge is 0.450 e. The quantitative estimate of drug-likeness (QED) is 0.796. The van der Waals surface area contributed by atoms with Gasteiger partial charge < -0.3 is 26.0 Å². The standard InChI is InChI=1S/C14H20N4O3/c1-2-21-14(20)18-7-5-17(6-8-18)12-4-3-10(13(16)19)9-11(12)15/h3-4,9H,2,5-8,15H2,1H3,(H2,16,19). The van der Waals surface area contributed by atoms with Crippen LogP contribution in [0.25, 0.3) is 0 Å². The van der Waals surface area contributed by atoms with E-state index in [4.69, 9.17) is 16.2 Å². The van der Waals surface area contributed by atoms with E-state index in [-0.39, 0.29) is 6.09 Å². The fourth-order valence-electron chi connectivity index (χ4n) is 2.34. The zero-order chi connectivity index (χ0) is 15.4. The Morgan fingerprint density at radius 3 is 2.43 bits per heavy atom. The number of ether oxygens (including phenoxy) is 1. The van der Waals surface area contributed by atoms with E-state index in [1.54, 1.807) is 30.0 Å². The van der Waals surface area contributed by atoms with Crippen molar-refractivity contribution in [1.82, 2.24) is 4.90 Å². The highest BCUT2D eigenvalue weighted by atomic mass is 16.6. The van der Waals surface area contributed by atoms with Crippen molar-refractivity contribution in [2.45, 2.75) is 6.92 Å². The molecular formula is C14H20N4O3. The molecule has 0 bridgehead atoms. The molecule has 1 heterocycles. The van der Waals surface area contributed by atoms with Crippen LogP contribution >= 0.6 is 0 Å². The molecule has 4 N–H and O–H groups in total. The number of hydrogen-bond donors (Lipinski definition) is 2. The van der Waals surface area contributed by atoms with E-state index in [1.807, 2.05) is 0 Å². The number of nitrogen functional groups attached to an aromatic ring is 1. The maximum atomic E-state index is 11.6. The first-order valence-corrected chi connectivity index (χ1v) is 6.89. The molecule has 0 aromatic heterocycles. The fraction of sp³-hybridized carbons (Fsp3) is 0.429. The smallest absolute Gasteiger partial charge is 0.409 e. The zero-order valence-corrected chi connectivity index (χ0v) is 12.0. The highest BCUT2D eigenvalue weighted by molar-refractivity contribution is 5.94. The van der Waals surface area contributed by atoms with E-state index in [9.17, 15) is 9.59 Å². The summed E-state index contributed by atoms with van der Waals surface area (Å²) in [7, 11) is 0. The fourth-order valence-corrected chi connectivity index (χ4v) is 2.34. The first-order chi connectivity index (χ1) is 10.0. The monoisotopic (exact) mass is 292 g/mol. The van der Waals surface area contributed by atoms with Gasteiger partial charge in [0.05, 0.1) is 18.0 Å². The molecule has 7 heteroatoms. The molecule has 21 heavy (non-hydrogen) atoms. The number of carbonyl (C=O) groups is 2. The average molecular weight is 292 g/mol. The lowest BCUT2D eigenvalue weighted by Gasteiger charge is -2.36. The van der Waals surface area contributed by atoms with Crippen LogP contribution in [-0.4, -0.2) is 49.7 Å². The molecule has 1 fully saturated rings. The molecule has 0 atom stereocenters. The number of benzene rings is 1. The van der Waals surface area contributed by atoms with Gasteiger partial charge in [-0.05, 0) is 25.1 Å². The minimum atomic E-state index is -0.500. The van der Waals surface area contributed by atoms with Gasteiger partial charge in [-0.3, -0.25) is 4.79 Å². The highest BCUT2D eigenvalue weighted by Gasteiger charge is 2.23. The molecule has 7 nitrogen and oxygen atoms in total. The summed E-state index contributed by atoms with van der Waals surface area (Å²) in [5.74, 6) is -0.500. The van der Waals surface area contributed by atoms with Gasteiger partial charge in [0.1, 0.15) is 0 Å². The van der Waals surface area contributed by atoms with Crippen molar-refractivity contribution >= 4 is 23.4 Å². The molecule has 0 spiro atoms. The number of amides is 2. The van der Waals surface area contributed by atoms with Crippen molar-refractivity contribution < 1.29 is 14.3 Å². The first-order valence-electron chi connectivity index (χ1n) is 6.89. The van der Waals surface area contributed by atoms with E-state index in [0.717, 1.165) is 5.69 Å². The van der Waals surface area contributed by atoms with Crippen LogP contribution in [0.4, 0.5) is 16.2 Å². The SMILES string of the molecule is CCOC(=O)N1CCN(c2ccc(C(N)=O)cc2N)CC1. The molecule has 2 amide bonds. The van der Waals surface area contributed by atoms with E-state index in [0.29, 0.717) is 44.0 Å². The number of hydrogen-bond acceptors (Lipinski definition) is 5. The second kappa shape index (κ2) is 6.34. The molecular weight excluding hydrogens is 272 g/mol. The van der Waals surface area contributed by atoms with Gasteiger partial charge in [-0.2, -0.15) is 0 Å².